The van der Waals surface area contributed by atoms with Crippen LogP contribution in [0.15, 0.2) is 30.7 Å². The third-order valence-electron chi connectivity index (χ3n) is 5.37. The molecule has 0 spiro atoms. The van der Waals surface area contributed by atoms with Crippen LogP contribution in [0.1, 0.15) is 28.8 Å². The van der Waals surface area contributed by atoms with Crippen LogP contribution in [-0.4, -0.2) is 71.5 Å². The van der Waals surface area contributed by atoms with E-state index in [1.54, 1.807) is 31.5 Å². The van der Waals surface area contributed by atoms with Gasteiger partial charge in [-0.15, -0.1) is 0 Å². The minimum atomic E-state index is -0.267. The highest BCUT2D eigenvalue weighted by atomic mass is 35.5. The molecule has 10 heteroatoms. The number of hydrogen-bond acceptors (Lipinski definition) is 8. The van der Waals surface area contributed by atoms with Gasteiger partial charge in [0.1, 0.15) is 30.1 Å². The first-order valence-electron chi connectivity index (χ1n) is 10.4. The number of carbonyl (C=O) groups is 1. The molecule has 9 nitrogen and oxygen atoms in total. The van der Waals surface area contributed by atoms with E-state index in [1.165, 1.54) is 6.33 Å². The van der Waals surface area contributed by atoms with E-state index in [-0.39, 0.29) is 24.5 Å². The van der Waals surface area contributed by atoms with Crippen molar-refractivity contribution >= 4 is 34.2 Å². The van der Waals surface area contributed by atoms with Crippen LogP contribution in [0.5, 0.6) is 5.75 Å². The van der Waals surface area contributed by atoms with E-state index in [1.807, 2.05) is 0 Å². The lowest BCUT2D eigenvalue weighted by atomic mass is 10.0. The Morgan fingerprint density at radius 1 is 1.31 bits per heavy atom. The number of anilines is 1. The zero-order valence-electron chi connectivity index (χ0n) is 17.6. The Hall–Kier alpha value is -2.72. The van der Waals surface area contributed by atoms with Gasteiger partial charge in [0.05, 0.1) is 47.9 Å². The Kier molecular flexibility index (Phi) is 7.21. The Bertz CT molecular complexity index is 1080. The lowest BCUT2D eigenvalue weighted by Crippen LogP contribution is -2.36. The number of aliphatic hydroxyl groups excluding tert-OH is 1. The Morgan fingerprint density at radius 2 is 2.19 bits per heavy atom. The maximum absolute atomic E-state index is 13.4. The minimum absolute atomic E-state index is 0.00912. The molecule has 3 heterocycles. The Morgan fingerprint density at radius 3 is 2.94 bits per heavy atom. The summed E-state index contributed by atoms with van der Waals surface area (Å²) in [5.74, 6) is 0.804. The quantitative estimate of drug-likeness (QED) is 0.329. The van der Waals surface area contributed by atoms with E-state index in [4.69, 9.17) is 25.8 Å². The van der Waals surface area contributed by atoms with Gasteiger partial charge < -0.3 is 29.6 Å². The van der Waals surface area contributed by atoms with Crippen LogP contribution in [0.4, 0.5) is 5.82 Å². The fourth-order valence-corrected chi connectivity index (χ4v) is 3.87. The Balaban J connectivity index is 1.61. The first-order valence-corrected chi connectivity index (χ1v) is 10.8. The van der Waals surface area contributed by atoms with Crippen molar-refractivity contribution in [3.05, 3.63) is 46.9 Å². The highest BCUT2D eigenvalue weighted by molar-refractivity contribution is 6.35. The van der Waals surface area contributed by atoms with Gasteiger partial charge in [0.15, 0.2) is 5.78 Å². The van der Waals surface area contributed by atoms with Crippen LogP contribution < -0.4 is 10.1 Å². The van der Waals surface area contributed by atoms with Gasteiger partial charge >= 0.3 is 0 Å². The molecule has 32 heavy (non-hydrogen) atoms. The molecule has 0 bridgehead atoms. The number of nitrogens with one attached hydrogen (secondary N) is 2. The number of aromatic amines is 1. The van der Waals surface area contributed by atoms with Crippen LogP contribution in [0.25, 0.3) is 11.0 Å². The van der Waals surface area contributed by atoms with E-state index in [9.17, 15) is 9.90 Å². The van der Waals surface area contributed by atoms with Gasteiger partial charge in [-0.05, 0) is 31.0 Å². The van der Waals surface area contributed by atoms with Crippen LogP contribution in [0.2, 0.25) is 5.02 Å². The van der Waals surface area contributed by atoms with Gasteiger partial charge in [-0.25, -0.2) is 9.97 Å². The molecule has 1 aliphatic heterocycles. The van der Waals surface area contributed by atoms with E-state index in [0.29, 0.717) is 58.6 Å². The molecule has 2 aromatic heterocycles. The summed E-state index contributed by atoms with van der Waals surface area (Å²) in [6.45, 7) is 1.25. The topological polar surface area (TPSA) is 119 Å². The molecule has 1 aromatic carbocycles. The molecule has 0 saturated carbocycles. The maximum atomic E-state index is 13.4. The number of H-pyrrole nitrogens is 1. The number of aromatic nitrogens is 3. The van der Waals surface area contributed by atoms with E-state index in [2.05, 4.69) is 20.3 Å². The number of aliphatic hydroxyl groups is 1. The second-order valence-electron chi connectivity index (χ2n) is 7.52. The summed E-state index contributed by atoms with van der Waals surface area (Å²) in [6, 6.07) is 4.98. The molecule has 1 fully saturated rings. The molecule has 2 atom stereocenters. The largest absolute Gasteiger partial charge is 0.491 e. The molecule has 3 N–H and O–H groups in total. The lowest BCUT2D eigenvalue weighted by molar-refractivity contribution is -0.0224. The van der Waals surface area contributed by atoms with Gasteiger partial charge in [-0.3, -0.25) is 4.79 Å². The summed E-state index contributed by atoms with van der Waals surface area (Å²) >= 11 is 6.35. The predicted octanol–water partition coefficient (Wildman–Crippen LogP) is 2.82. The number of fused-ring (bicyclic) bond motifs is 1. The predicted molar refractivity (Wildman–Crippen MR) is 120 cm³/mol. The van der Waals surface area contributed by atoms with Crippen LogP contribution >= 0.6 is 11.6 Å². The fourth-order valence-electron chi connectivity index (χ4n) is 3.66. The third kappa shape index (κ3) is 4.86. The van der Waals surface area contributed by atoms with Crippen LogP contribution in [0, 0.1) is 0 Å². The molecule has 0 unspecified atom stereocenters. The van der Waals surface area contributed by atoms with Crippen molar-refractivity contribution in [1.29, 1.82) is 0 Å². The van der Waals surface area contributed by atoms with Crippen molar-refractivity contribution in [2.75, 3.05) is 38.9 Å². The van der Waals surface area contributed by atoms with Crippen molar-refractivity contribution in [3.63, 3.8) is 0 Å². The number of rotatable bonds is 9. The molecule has 170 valence electrons. The fraction of sp³-hybridized carbons (Fsp3) is 0.409. The van der Waals surface area contributed by atoms with Crippen molar-refractivity contribution in [2.45, 2.75) is 25.0 Å². The van der Waals surface area contributed by atoms with Crippen molar-refractivity contribution in [2.24, 2.45) is 0 Å². The van der Waals surface area contributed by atoms with Crippen molar-refractivity contribution in [3.8, 4) is 5.75 Å². The number of halogens is 1. The molecular formula is C22H25ClN4O5. The number of nitrogens with zero attached hydrogens (tertiary/aromatic N) is 2. The molecule has 1 aliphatic rings. The number of methoxy groups -OCH3 is 1. The van der Waals surface area contributed by atoms with Crippen molar-refractivity contribution < 1.29 is 24.1 Å². The minimum Gasteiger partial charge on any atom is -0.491 e. The zero-order valence-corrected chi connectivity index (χ0v) is 18.4. The number of hydrogen-bond donors (Lipinski definition) is 3. The SMILES string of the molecule is COCCOc1ccc(Cl)c(C(=O)c2c[nH]c3ncnc(N[C@@H]4CC[C@@H](CO)OC4)c23)c1. The lowest BCUT2D eigenvalue weighted by Gasteiger charge is -2.29. The number of benzene rings is 1. The molecule has 0 amide bonds. The second-order valence-corrected chi connectivity index (χ2v) is 7.92. The van der Waals surface area contributed by atoms with Gasteiger partial charge in [0, 0.05) is 18.9 Å². The molecule has 3 aromatic rings. The summed E-state index contributed by atoms with van der Waals surface area (Å²) in [4.78, 5) is 25.1. The normalized spacial score (nSPS) is 18.6. The number of ketones is 1. The highest BCUT2D eigenvalue weighted by Crippen LogP contribution is 2.30. The molecule has 0 radical (unpaired) electrons. The summed E-state index contributed by atoms with van der Waals surface area (Å²) in [7, 11) is 1.59. The standard InChI is InChI=1S/C22H25ClN4O5/c1-30-6-7-31-14-4-5-18(23)16(8-14)20(29)17-9-24-21-19(17)22(26-12-25-21)27-13-2-3-15(10-28)32-11-13/h4-5,8-9,12-13,15,28H,2-3,6-7,10-11H2,1H3,(H2,24,25,26,27)/t13-,15+/m1/s1. The van der Waals surface area contributed by atoms with E-state index < -0.39 is 0 Å². The number of carbonyl (C=O) groups excluding carboxylic acids is 1. The Labute approximate surface area is 190 Å². The number of ether oxygens (including phenoxy) is 3. The molecule has 0 aliphatic carbocycles. The van der Waals surface area contributed by atoms with Crippen LogP contribution in [-0.2, 0) is 9.47 Å². The second kappa shape index (κ2) is 10.3. The molecule has 4 rings (SSSR count). The highest BCUT2D eigenvalue weighted by Gasteiger charge is 2.25. The third-order valence-corrected chi connectivity index (χ3v) is 5.70. The first-order chi connectivity index (χ1) is 15.6. The van der Waals surface area contributed by atoms with Gasteiger partial charge in [0.25, 0.3) is 0 Å². The molecular weight excluding hydrogens is 436 g/mol. The molecule has 1 saturated heterocycles. The summed E-state index contributed by atoms with van der Waals surface area (Å²) < 4.78 is 16.3. The maximum Gasteiger partial charge on any atom is 0.197 e. The van der Waals surface area contributed by atoms with Gasteiger partial charge in [-0.1, -0.05) is 11.6 Å². The average Bonchev–Trinajstić information content (AvgIpc) is 3.26. The van der Waals surface area contributed by atoms with Gasteiger partial charge in [0.2, 0.25) is 0 Å². The summed E-state index contributed by atoms with van der Waals surface area (Å²) in [5.41, 5.74) is 1.27. The average molecular weight is 461 g/mol. The van der Waals surface area contributed by atoms with Crippen molar-refractivity contribution in [1.82, 2.24) is 15.0 Å². The van der Waals surface area contributed by atoms with E-state index >= 15 is 0 Å². The zero-order chi connectivity index (χ0) is 22.5. The van der Waals surface area contributed by atoms with Crippen LogP contribution in [0.3, 0.4) is 0 Å². The monoisotopic (exact) mass is 460 g/mol. The smallest absolute Gasteiger partial charge is 0.197 e. The summed E-state index contributed by atoms with van der Waals surface area (Å²) in [5, 5.41) is 13.5. The summed E-state index contributed by atoms with van der Waals surface area (Å²) in [6.07, 6.45) is 4.47. The van der Waals surface area contributed by atoms with Gasteiger partial charge in [-0.2, -0.15) is 0 Å². The first kappa shape index (κ1) is 22.5. The van der Waals surface area contributed by atoms with E-state index in [0.717, 1.165) is 12.8 Å².